The number of para-hydroxylation sites is 2. The summed E-state index contributed by atoms with van der Waals surface area (Å²) in [4.78, 5) is 26.7. The summed E-state index contributed by atoms with van der Waals surface area (Å²) >= 11 is 1.59. The zero-order chi connectivity index (χ0) is 28.0. The van der Waals surface area contributed by atoms with Gasteiger partial charge in [0.1, 0.15) is 18.5 Å². The van der Waals surface area contributed by atoms with Crippen LogP contribution in [-0.4, -0.2) is 49.3 Å². The van der Waals surface area contributed by atoms with Gasteiger partial charge in [-0.25, -0.2) is 4.79 Å². The normalized spacial score (nSPS) is 12.5. The molecule has 0 spiro atoms. The van der Waals surface area contributed by atoms with Crippen molar-refractivity contribution in [2.75, 3.05) is 42.4 Å². The van der Waals surface area contributed by atoms with E-state index in [1.165, 1.54) is 12.2 Å². The highest BCUT2D eigenvalue weighted by Gasteiger charge is 2.27. The molecule has 10 heteroatoms. The Balaban J connectivity index is 1.85. The van der Waals surface area contributed by atoms with Crippen molar-refractivity contribution in [3.8, 4) is 5.75 Å². The van der Waals surface area contributed by atoms with E-state index in [-0.39, 0.29) is 13.2 Å². The summed E-state index contributed by atoms with van der Waals surface area (Å²) in [5.41, 5.74) is 7.98. The molecule has 5 N–H and O–H groups in total. The van der Waals surface area contributed by atoms with Gasteiger partial charge in [-0.05, 0) is 73.3 Å². The summed E-state index contributed by atoms with van der Waals surface area (Å²) in [6, 6.07) is 21.2. The maximum atomic E-state index is 13.0. The molecule has 206 valence electrons. The van der Waals surface area contributed by atoms with Gasteiger partial charge >= 0.3 is 6.09 Å². The third-order valence-electron chi connectivity index (χ3n) is 5.43. The number of anilines is 3. The summed E-state index contributed by atoms with van der Waals surface area (Å²) in [6.45, 7) is 2.06. The molecule has 2 atom stereocenters. The largest absolute Gasteiger partial charge is 0.491 e. The topological polar surface area (TPSA) is 132 Å². The fraction of sp³-hybridized carbons (Fsp3) is 0.241. The van der Waals surface area contributed by atoms with Crippen LogP contribution in [0.4, 0.5) is 21.9 Å². The molecule has 0 fully saturated rings. The monoisotopic (exact) mass is 551 g/mol. The number of ether oxygens (including phenoxy) is 3. The van der Waals surface area contributed by atoms with E-state index in [1.54, 1.807) is 79.3 Å². The number of nitrogens with two attached hydrogens (primary N) is 1. The maximum absolute atomic E-state index is 13.0. The average molecular weight is 552 g/mol. The standard InChI is InChI=1S/C29H33N3O6S/c1-3-36-26(15-16-27(34)32-25-10-5-4-9-24(25)30)28(20-7-6-8-22(19-20)37-18-17-33)38-29(35)31-21-11-13-23(39-2)14-12-21/h4-16,19,26,28,33H,3,17-18,30H2,1-2H3,(H,31,35)(H,32,34)/b16-15+/t26-,28-/m0/s1. The van der Waals surface area contributed by atoms with Crippen LogP contribution in [0.25, 0.3) is 0 Å². The number of aliphatic hydroxyl groups excluding tert-OH is 1. The molecule has 0 saturated heterocycles. The SMILES string of the molecule is CCO[C@@H](/C=C/C(=O)Nc1ccccc1N)[C@@H](OC(=O)Nc1ccc(SC)cc1)c1cccc(OCCO)c1. The lowest BCUT2D eigenvalue weighted by molar-refractivity contribution is -0.112. The zero-order valence-corrected chi connectivity index (χ0v) is 22.6. The molecule has 0 aliphatic carbocycles. The molecular weight excluding hydrogens is 518 g/mol. The molecule has 0 radical (unpaired) electrons. The van der Waals surface area contributed by atoms with Gasteiger partial charge < -0.3 is 30.4 Å². The zero-order valence-electron chi connectivity index (χ0n) is 21.8. The molecule has 0 heterocycles. The number of thioether (sulfide) groups is 1. The van der Waals surface area contributed by atoms with E-state index in [0.717, 1.165) is 4.90 Å². The van der Waals surface area contributed by atoms with Gasteiger partial charge in [0.15, 0.2) is 6.10 Å². The molecule has 3 aromatic rings. The molecule has 0 aliphatic rings. The van der Waals surface area contributed by atoms with Gasteiger partial charge in [-0.1, -0.05) is 24.3 Å². The number of hydrogen-bond acceptors (Lipinski definition) is 8. The van der Waals surface area contributed by atoms with Gasteiger partial charge in [0.25, 0.3) is 0 Å². The van der Waals surface area contributed by atoms with Crippen LogP contribution in [0.2, 0.25) is 0 Å². The molecule has 0 aromatic heterocycles. The Hall–Kier alpha value is -3.99. The van der Waals surface area contributed by atoms with Crippen LogP contribution < -0.4 is 21.1 Å². The van der Waals surface area contributed by atoms with Crippen molar-refractivity contribution < 1.29 is 28.9 Å². The molecule has 3 aromatic carbocycles. The van der Waals surface area contributed by atoms with E-state index in [0.29, 0.717) is 35.0 Å². The van der Waals surface area contributed by atoms with Crippen molar-refractivity contribution in [2.45, 2.75) is 24.0 Å². The van der Waals surface area contributed by atoms with E-state index in [9.17, 15) is 9.59 Å². The number of carbonyl (C=O) groups is 2. The van der Waals surface area contributed by atoms with E-state index < -0.39 is 24.2 Å². The van der Waals surface area contributed by atoms with Crippen LogP contribution in [0, 0.1) is 0 Å². The molecule has 0 saturated carbocycles. The van der Waals surface area contributed by atoms with Crippen molar-refractivity contribution in [1.82, 2.24) is 0 Å². The predicted molar refractivity (Wildman–Crippen MR) is 154 cm³/mol. The highest BCUT2D eigenvalue weighted by molar-refractivity contribution is 7.98. The third-order valence-corrected chi connectivity index (χ3v) is 6.17. The van der Waals surface area contributed by atoms with Crippen LogP contribution in [0.5, 0.6) is 5.75 Å². The van der Waals surface area contributed by atoms with Crippen LogP contribution in [-0.2, 0) is 14.3 Å². The Morgan fingerprint density at radius 2 is 1.82 bits per heavy atom. The van der Waals surface area contributed by atoms with Crippen molar-refractivity contribution in [1.29, 1.82) is 0 Å². The first-order chi connectivity index (χ1) is 18.9. The van der Waals surface area contributed by atoms with Crippen LogP contribution in [0.1, 0.15) is 18.6 Å². The minimum absolute atomic E-state index is 0.110. The Bertz CT molecular complexity index is 1250. The summed E-state index contributed by atoms with van der Waals surface area (Å²) < 4.78 is 17.3. The summed E-state index contributed by atoms with van der Waals surface area (Å²) in [5.74, 6) is 0.0643. The van der Waals surface area contributed by atoms with Crippen LogP contribution >= 0.6 is 11.8 Å². The van der Waals surface area contributed by atoms with Crippen molar-refractivity contribution in [3.63, 3.8) is 0 Å². The second-order valence-corrected chi connectivity index (χ2v) is 9.06. The minimum Gasteiger partial charge on any atom is -0.491 e. The van der Waals surface area contributed by atoms with E-state index >= 15 is 0 Å². The minimum atomic E-state index is -0.932. The lowest BCUT2D eigenvalue weighted by Crippen LogP contribution is -2.28. The Labute approximate surface area is 232 Å². The third kappa shape index (κ3) is 9.36. The Kier molecular flexibility index (Phi) is 11.7. The lowest BCUT2D eigenvalue weighted by atomic mass is 10.0. The van der Waals surface area contributed by atoms with Gasteiger partial charge in [0, 0.05) is 23.3 Å². The van der Waals surface area contributed by atoms with Gasteiger partial charge in [0.2, 0.25) is 5.91 Å². The van der Waals surface area contributed by atoms with Crippen LogP contribution in [0.3, 0.4) is 0 Å². The number of aliphatic hydroxyl groups is 1. The fourth-order valence-corrected chi connectivity index (χ4v) is 4.02. The summed E-state index contributed by atoms with van der Waals surface area (Å²) in [5, 5.41) is 14.6. The second-order valence-electron chi connectivity index (χ2n) is 8.18. The van der Waals surface area contributed by atoms with Gasteiger partial charge in [-0.15, -0.1) is 11.8 Å². The fourth-order valence-electron chi connectivity index (χ4n) is 3.61. The second kappa shape index (κ2) is 15.4. The Morgan fingerprint density at radius 1 is 1.05 bits per heavy atom. The van der Waals surface area contributed by atoms with Crippen LogP contribution in [0.15, 0.2) is 89.8 Å². The Morgan fingerprint density at radius 3 is 2.51 bits per heavy atom. The van der Waals surface area contributed by atoms with E-state index in [1.807, 2.05) is 18.4 Å². The van der Waals surface area contributed by atoms with Crippen molar-refractivity contribution in [3.05, 3.63) is 90.5 Å². The van der Waals surface area contributed by atoms with Crippen molar-refractivity contribution >= 4 is 40.8 Å². The number of nitrogen functional groups attached to an aromatic ring is 1. The number of amides is 2. The number of hydrogen-bond donors (Lipinski definition) is 4. The highest BCUT2D eigenvalue weighted by Crippen LogP contribution is 2.29. The molecule has 0 unspecified atom stereocenters. The van der Waals surface area contributed by atoms with Gasteiger partial charge in [-0.2, -0.15) is 0 Å². The highest BCUT2D eigenvalue weighted by atomic mass is 32.2. The summed E-state index contributed by atoms with van der Waals surface area (Å²) in [7, 11) is 0. The quantitative estimate of drug-likeness (QED) is 0.129. The molecule has 0 aliphatic heterocycles. The molecule has 9 nitrogen and oxygen atoms in total. The summed E-state index contributed by atoms with van der Waals surface area (Å²) in [6.07, 6.45) is 2.37. The number of benzene rings is 3. The van der Waals surface area contributed by atoms with E-state index in [4.69, 9.17) is 25.1 Å². The average Bonchev–Trinajstić information content (AvgIpc) is 2.95. The molecule has 3 rings (SSSR count). The van der Waals surface area contributed by atoms with Gasteiger partial charge in [-0.3, -0.25) is 10.1 Å². The number of carbonyl (C=O) groups excluding carboxylic acids is 2. The first kappa shape index (κ1) is 29.6. The first-order valence-corrected chi connectivity index (χ1v) is 13.6. The number of rotatable bonds is 13. The lowest BCUT2D eigenvalue weighted by Gasteiger charge is -2.26. The molecule has 39 heavy (non-hydrogen) atoms. The maximum Gasteiger partial charge on any atom is 0.412 e. The van der Waals surface area contributed by atoms with E-state index in [2.05, 4.69) is 10.6 Å². The molecule has 2 amide bonds. The predicted octanol–water partition coefficient (Wildman–Crippen LogP) is 5.25. The van der Waals surface area contributed by atoms with Crippen molar-refractivity contribution in [2.24, 2.45) is 0 Å². The number of nitrogens with one attached hydrogen (secondary N) is 2. The first-order valence-electron chi connectivity index (χ1n) is 12.3. The molecule has 0 bridgehead atoms. The smallest absolute Gasteiger partial charge is 0.412 e. The van der Waals surface area contributed by atoms with Gasteiger partial charge in [0.05, 0.1) is 18.0 Å². The molecular formula is C29H33N3O6S.